The van der Waals surface area contributed by atoms with Crippen molar-refractivity contribution in [3.05, 3.63) is 0 Å². The first kappa shape index (κ1) is 12.0. The molecule has 2 nitrogen and oxygen atoms in total. The topological polar surface area (TPSA) is 15.3 Å². The van der Waals surface area contributed by atoms with E-state index in [1.54, 1.807) is 0 Å². The molecule has 1 rings (SSSR count). The van der Waals surface area contributed by atoms with E-state index in [0.29, 0.717) is 12.1 Å². The summed E-state index contributed by atoms with van der Waals surface area (Å²) in [5.41, 5.74) is 0. The van der Waals surface area contributed by atoms with Crippen molar-refractivity contribution in [2.75, 3.05) is 20.1 Å². The van der Waals surface area contributed by atoms with Gasteiger partial charge in [0.05, 0.1) is 0 Å². The molecule has 0 bridgehead atoms. The first-order valence-electron chi connectivity index (χ1n) is 5.96. The fourth-order valence-corrected chi connectivity index (χ4v) is 2.21. The molecule has 0 saturated carbocycles. The van der Waals surface area contributed by atoms with Crippen LogP contribution in [0.15, 0.2) is 0 Å². The Morgan fingerprint density at radius 2 is 2.00 bits per heavy atom. The van der Waals surface area contributed by atoms with Crippen molar-refractivity contribution in [1.29, 1.82) is 0 Å². The second-order valence-electron chi connectivity index (χ2n) is 5.22. The summed E-state index contributed by atoms with van der Waals surface area (Å²) in [7, 11) is 2.26. The average Bonchev–Trinajstić information content (AvgIpc) is 2.50. The molecule has 1 saturated heterocycles. The van der Waals surface area contributed by atoms with E-state index in [-0.39, 0.29) is 0 Å². The van der Waals surface area contributed by atoms with Crippen molar-refractivity contribution in [2.45, 2.75) is 46.2 Å². The fraction of sp³-hybridized carbons (Fsp3) is 1.00. The highest BCUT2D eigenvalue weighted by Gasteiger charge is 2.25. The molecule has 1 aliphatic heterocycles. The summed E-state index contributed by atoms with van der Waals surface area (Å²) in [6.07, 6.45) is 1.34. The van der Waals surface area contributed by atoms with Gasteiger partial charge in [-0.3, -0.25) is 0 Å². The third kappa shape index (κ3) is 2.96. The van der Waals surface area contributed by atoms with E-state index < -0.39 is 0 Å². The molecule has 1 heterocycles. The van der Waals surface area contributed by atoms with E-state index in [0.717, 1.165) is 11.8 Å². The molecule has 3 unspecified atom stereocenters. The lowest BCUT2D eigenvalue weighted by Gasteiger charge is -2.31. The molecule has 14 heavy (non-hydrogen) atoms. The number of hydrogen-bond acceptors (Lipinski definition) is 2. The van der Waals surface area contributed by atoms with Gasteiger partial charge < -0.3 is 10.2 Å². The Balaban J connectivity index is 2.35. The van der Waals surface area contributed by atoms with Gasteiger partial charge in [0.2, 0.25) is 0 Å². The summed E-state index contributed by atoms with van der Waals surface area (Å²) in [6.45, 7) is 11.7. The van der Waals surface area contributed by atoms with Crippen molar-refractivity contribution in [3.63, 3.8) is 0 Å². The molecule has 84 valence electrons. The molecule has 0 amide bonds. The molecule has 0 aromatic rings. The molecule has 1 aliphatic rings. The third-order valence-corrected chi connectivity index (χ3v) is 3.87. The number of nitrogens with one attached hydrogen (secondary N) is 1. The average molecular weight is 198 g/mol. The summed E-state index contributed by atoms with van der Waals surface area (Å²) in [5.74, 6) is 1.60. The van der Waals surface area contributed by atoms with Crippen LogP contribution in [0.2, 0.25) is 0 Å². The zero-order valence-corrected chi connectivity index (χ0v) is 10.4. The highest BCUT2D eigenvalue weighted by molar-refractivity contribution is 4.83. The van der Waals surface area contributed by atoms with E-state index >= 15 is 0 Å². The van der Waals surface area contributed by atoms with Crippen LogP contribution in [0.4, 0.5) is 0 Å². The zero-order valence-electron chi connectivity index (χ0n) is 10.4. The maximum absolute atomic E-state index is 3.52. The summed E-state index contributed by atoms with van der Waals surface area (Å²) in [5, 5.41) is 3.52. The van der Waals surface area contributed by atoms with E-state index in [9.17, 15) is 0 Å². The lowest BCUT2D eigenvalue weighted by Crippen LogP contribution is -2.39. The second-order valence-corrected chi connectivity index (χ2v) is 5.22. The van der Waals surface area contributed by atoms with Crippen LogP contribution in [0.3, 0.4) is 0 Å². The molecule has 1 fully saturated rings. The van der Waals surface area contributed by atoms with Crippen LogP contribution < -0.4 is 5.32 Å². The number of nitrogens with zero attached hydrogens (tertiary/aromatic N) is 1. The highest BCUT2D eigenvalue weighted by Crippen LogP contribution is 2.18. The van der Waals surface area contributed by atoms with E-state index in [4.69, 9.17) is 0 Å². The molecule has 0 aromatic carbocycles. The number of hydrogen-bond donors (Lipinski definition) is 1. The van der Waals surface area contributed by atoms with Gasteiger partial charge in [0.25, 0.3) is 0 Å². The van der Waals surface area contributed by atoms with Gasteiger partial charge in [0.1, 0.15) is 0 Å². The molecule has 1 N–H and O–H groups in total. The van der Waals surface area contributed by atoms with Crippen molar-refractivity contribution in [1.82, 2.24) is 10.2 Å². The van der Waals surface area contributed by atoms with E-state index in [1.165, 1.54) is 19.5 Å². The lowest BCUT2D eigenvalue weighted by molar-refractivity contribution is 0.174. The van der Waals surface area contributed by atoms with E-state index in [2.05, 4.69) is 45.0 Å². The monoisotopic (exact) mass is 198 g/mol. The first-order valence-corrected chi connectivity index (χ1v) is 5.96. The minimum atomic E-state index is 0.697. The predicted molar refractivity (Wildman–Crippen MR) is 62.5 cm³/mol. The summed E-state index contributed by atoms with van der Waals surface area (Å²) in [4.78, 5) is 2.51. The van der Waals surface area contributed by atoms with Crippen LogP contribution in [0.5, 0.6) is 0 Å². The Kier molecular flexibility index (Phi) is 4.39. The van der Waals surface area contributed by atoms with Crippen LogP contribution in [-0.2, 0) is 0 Å². The zero-order chi connectivity index (χ0) is 10.7. The predicted octanol–water partition coefficient (Wildman–Crippen LogP) is 1.96. The maximum atomic E-state index is 3.52. The minimum absolute atomic E-state index is 0.697. The Morgan fingerprint density at radius 3 is 2.43 bits per heavy atom. The van der Waals surface area contributed by atoms with Crippen LogP contribution in [0.1, 0.15) is 34.1 Å². The second kappa shape index (κ2) is 5.13. The van der Waals surface area contributed by atoms with Gasteiger partial charge in [-0.15, -0.1) is 0 Å². The maximum Gasteiger partial charge on any atom is 0.00870 e. The molecule has 0 radical (unpaired) electrons. The van der Waals surface area contributed by atoms with Crippen molar-refractivity contribution in [3.8, 4) is 0 Å². The quantitative estimate of drug-likeness (QED) is 0.743. The summed E-state index contributed by atoms with van der Waals surface area (Å²) < 4.78 is 0. The molecular formula is C12H26N2. The SMILES string of the molecule is CC(C)C(C)N(C)CC1CCNC1C. The largest absolute Gasteiger partial charge is 0.314 e. The van der Waals surface area contributed by atoms with Crippen molar-refractivity contribution < 1.29 is 0 Å². The molecule has 0 spiro atoms. The minimum Gasteiger partial charge on any atom is -0.314 e. The standard InChI is InChI=1S/C12H26N2/c1-9(2)11(4)14(5)8-12-6-7-13-10(12)3/h9-13H,6-8H2,1-5H3. The van der Waals surface area contributed by atoms with Gasteiger partial charge in [0.15, 0.2) is 0 Å². The summed E-state index contributed by atoms with van der Waals surface area (Å²) >= 11 is 0. The fourth-order valence-electron chi connectivity index (χ4n) is 2.21. The van der Waals surface area contributed by atoms with Gasteiger partial charge in [-0.05, 0) is 45.7 Å². The van der Waals surface area contributed by atoms with E-state index in [1.807, 2.05) is 0 Å². The van der Waals surface area contributed by atoms with Gasteiger partial charge in [0, 0.05) is 18.6 Å². The number of rotatable bonds is 4. The highest BCUT2D eigenvalue weighted by atomic mass is 15.1. The molecule has 0 aromatic heterocycles. The van der Waals surface area contributed by atoms with Crippen LogP contribution >= 0.6 is 0 Å². The van der Waals surface area contributed by atoms with Crippen LogP contribution in [0.25, 0.3) is 0 Å². The first-order chi connectivity index (χ1) is 6.52. The Hall–Kier alpha value is -0.0800. The van der Waals surface area contributed by atoms with Gasteiger partial charge >= 0.3 is 0 Å². The smallest absolute Gasteiger partial charge is 0.00870 e. The molecular weight excluding hydrogens is 172 g/mol. The summed E-state index contributed by atoms with van der Waals surface area (Å²) in [6, 6.07) is 1.40. The third-order valence-electron chi connectivity index (χ3n) is 3.87. The van der Waals surface area contributed by atoms with Crippen molar-refractivity contribution in [2.24, 2.45) is 11.8 Å². The molecule has 3 atom stereocenters. The van der Waals surface area contributed by atoms with Gasteiger partial charge in [-0.2, -0.15) is 0 Å². The normalized spacial score (nSPS) is 30.2. The lowest BCUT2D eigenvalue weighted by atomic mass is 9.99. The van der Waals surface area contributed by atoms with Gasteiger partial charge in [-0.25, -0.2) is 0 Å². The Morgan fingerprint density at radius 1 is 1.36 bits per heavy atom. The molecule has 0 aliphatic carbocycles. The van der Waals surface area contributed by atoms with Crippen LogP contribution in [-0.4, -0.2) is 37.1 Å². The van der Waals surface area contributed by atoms with Crippen molar-refractivity contribution >= 4 is 0 Å². The van der Waals surface area contributed by atoms with Gasteiger partial charge in [-0.1, -0.05) is 13.8 Å². The van der Waals surface area contributed by atoms with Crippen LogP contribution in [0, 0.1) is 11.8 Å². The Bertz CT molecular complexity index is 168. The molecule has 2 heteroatoms. The Labute approximate surface area is 89.1 Å².